The number of anilines is 1. The van der Waals surface area contributed by atoms with Crippen LogP contribution < -0.4 is 10.6 Å². The summed E-state index contributed by atoms with van der Waals surface area (Å²) in [5.41, 5.74) is 0.877. The predicted molar refractivity (Wildman–Crippen MR) is 71.6 cm³/mol. The first kappa shape index (κ1) is 14.2. The summed E-state index contributed by atoms with van der Waals surface area (Å²) in [7, 11) is 1.68. The van der Waals surface area contributed by atoms with Crippen LogP contribution in [0.15, 0.2) is 12.1 Å². The van der Waals surface area contributed by atoms with Crippen molar-refractivity contribution in [2.45, 2.75) is 19.9 Å². The van der Waals surface area contributed by atoms with Gasteiger partial charge in [0, 0.05) is 20.2 Å². The lowest BCUT2D eigenvalue weighted by Crippen LogP contribution is -2.16. The quantitative estimate of drug-likeness (QED) is 0.702. The molecular formula is C12H20ClN3O. The van der Waals surface area contributed by atoms with Crippen LogP contribution in [-0.4, -0.2) is 31.8 Å². The van der Waals surface area contributed by atoms with Crippen LogP contribution in [0.4, 0.5) is 5.82 Å². The summed E-state index contributed by atoms with van der Waals surface area (Å²) >= 11 is 6.08. The van der Waals surface area contributed by atoms with Crippen LogP contribution in [0.1, 0.15) is 19.0 Å². The van der Waals surface area contributed by atoms with Crippen LogP contribution in [0.5, 0.6) is 0 Å². The Hall–Kier alpha value is -0.840. The molecule has 0 radical (unpaired) electrons. The lowest BCUT2D eigenvalue weighted by atomic mass is 10.3. The van der Waals surface area contributed by atoms with E-state index in [1.807, 2.05) is 12.1 Å². The fourth-order valence-electron chi connectivity index (χ4n) is 1.37. The molecule has 1 aromatic rings. The summed E-state index contributed by atoms with van der Waals surface area (Å²) in [6.45, 7) is 5.21. The van der Waals surface area contributed by atoms with Gasteiger partial charge < -0.3 is 15.4 Å². The van der Waals surface area contributed by atoms with Gasteiger partial charge in [0.05, 0.1) is 17.3 Å². The predicted octanol–water partition coefficient (Wildman–Crippen LogP) is 2.29. The monoisotopic (exact) mass is 257 g/mol. The van der Waals surface area contributed by atoms with Crippen LogP contribution >= 0.6 is 11.6 Å². The summed E-state index contributed by atoms with van der Waals surface area (Å²) in [5.74, 6) is 0.833. The van der Waals surface area contributed by atoms with Gasteiger partial charge in [0.25, 0.3) is 0 Å². The molecule has 5 heteroatoms. The number of rotatable bonds is 8. The number of aromatic nitrogens is 1. The molecule has 0 saturated carbocycles. The van der Waals surface area contributed by atoms with E-state index in [0.717, 1.165) is 31.0 Å². The Bertz CT molecular complexity index is 334. The van der Waals surface area contributed by atoms with E-state index >= 15 is 0 Å². The molecule has 0 unspecified atom stereocenters. The van der Waals surface area contributed by atoms with E-state index in [1.54, 1.807) is 7.11 Å². The Morgan fingerprint density at radius 3 is 2.88 bits per heavy atom. The third kappa shape index (κ3) is 5.35. The molecule has 0 aliphatic rings. The molecule has 0 saturated heterocycles. The SMILES string of the molecule is CCCNCc1nc(NCCOC)ccc1Cl. The van der Waals surface area contributed by atoms with Gasteiger partial charge in [-0.05, 0) is 25.1 Å². The number of nitrogens with one attached hydrogen (secondary N) is 2. The zero-order valence-electron chi connectivity index (χ0n) is 10.4. The normalized spacial score (nSPS) is 10.5. The minimum Gasteiger partial charge on any atom is -0.383 e. The summed E-state index contributed by atoms with van der Waals surface area (Å²) in [5, 5.41) is 7.17. The second-order valence-corrected chi connectivity index (χ2v) is 4.13. The summed E-state index contributed by atoms with van der Waals surface area (Å²) < 4.78 is 4.97. The molecule has 96 valence electrons. The molecule has 1 rings (SSSR count). The Morgan fingerprint density at radius 2 is 2.18 bits per heavy atom. The van der Waals surface area contributed by atoms with Gasteiger partial charge in [-0.25, -0.2) is 4.98 Å². The number of hydrogen-bond acceptors (Lipinski definition) is 4. The zero-order chi connectivity index (χ0) is 12.5. The van der Waals surface area contributed by atoms with Gasteiger partial charge in [0.1, 0.15) is 5.82 Å². The first-order chi connectivity index (χ1) is 8.27. The smallest absolute Gasteiger partial charge is 0.126 e. The van der Waals surface area contributed by atoms with Crippen LogP contribution in [0, 0.1) is 0 Å². The van der Waals surface area contributed by atoms with E-state index in [9.17, 15) is 0 Å². The highest BCUT2D eigenvalue weighted by Gasteiger charge is 2.03. The van der Waals surface area contributed by atoms with Gasteiger partial charge in [-0.3, -0.25) is 0 Å². The fourth-order valence-corrected chi connectivity index (χ4v) is 1.54. The van der Waals surface area contributed by atoms with Crippen molar-refractivity contribution in [2.75, 3.05) is 32.1 Å². The molecule has 0 aliphatic heterocycles. The Kier molecular flexibility index (Phi) is 6.93. The van der Waals surface area contributed by atoms with E-state index in [4.69, 9.17) is 16.3 Å². The average Bonchev–Trinajstić information content (AvgIpc) is 2.33. The molecule has 1 heterocycles. The maximum Gasteiger partial charge on any atom is 0.126 e. The third-order valence-electron chi connectivity index (χ3n) is 2.25. The fraction of sp³-hybridized carbons (Fsp3) is 0.583. The van der Waals surface area contributed by atoms with Crippen molar-refractivity contribution in [3.05, 3.63) is 22.8 Å². The molecule has 0 amide bonds. The Balaban J connectivity index is 2.53. The molecule has 0 aliphatic carbocycles. The first-order valence-electron chi connectivity index (χ1n) is 5.87. The molecule has 4 nitrogen and oxygen atoms in total. The summed E-state index contributed by atoms with van der Waals surface area (Å²) in [6.07, 6.45) is 1.10. The summed E-state index contributed by atoms with van der Waals surface area (Å²) in [6, 6.07) is 3.74. The van der Waals surface area contributed by atoms with Crippen molar-refractivity contribution >= 4 is 17.4 Å². The van der Waals surface area contributed by atoms with Crippen LogP contribution in [0.2, 0.25) is 5.02 Å². The van der Waals surface area contributed by atoms with Crippen molar-refractivity contribution in [1.29, 1.82) is 0 Å². The highest BCUT2D eigenvalue weighted by atomic mass is 35.5. The Morgan fingerprint density at radius 1 is 1.35 bits per heavy atom. The number of pyridine rings is 1. The van der Waals surface area contributed by atoms with Gasteiger partial charge in [-0.1, -0.05) is 18.5 Å². The van der Waals surface area contributed by atoms with E-state index in [0.29, 0.717) is 18.2 Å². The third-order valence-corrected chi connectivity index (χ3v) is 2.59. The second-order valence-electron chi connectivity index (χ2n) is 3.72. The molecule has 0 aromatic carbocycles. The maximum atomic E-state index is 6.08. The van der Waals surface area contributed by atoms with E-state index in [2.05, 4.69) is 22.5 Å². The van der Waals surface area contributed by atoms with Gasteiger partial charge in [-0.2, -0.15) is 0 Å². The van der Waals surface area contributed by atoms with Crippen molar-refractivity contribution < 1.29 is 4.74 Å². The average molecular weight is 258 g/mol. The van der Waals surface area contributed by atoms with Gasteiger partial charge in [-0.15, -0.1) is 0 Å². The number of nitrogens with zero attached hydrogens (tertiary/aromatic N) is 1. The maximum absolute atomic E-state index is 6.08. The standard InChI is InChI=1S/C12H20ClN3O/c1-3-6-14-9-11-10(13)4-5-12(16-11)15-7-8-17-2/h4-5,14H,3,6-9H2,1-2H3,(H,15,16). The number of halogens is 1. The van der Waals surface area contributed by atoms with E-state index in [1.165, 1.54) is 0 Å². The molecule has 2 N–H and O–H groups in total. The minimum absolute atomic E-state index is 0.660. The largest absolute Gasteiger partial charge is 0.383 e. The molecule has 0 bridgehead atoms. The van der Waals surface area contributed by atoms with Gasteiger partial charge in [0.15, 0.2) is 0 Å². The van der Waals surface area contributed by atoms with E-state index in [-0.39, 0.29) is 0 Å². The topological polar surface area (TPSA) is 46.2 Å². The van der Waals surface area contributed by atoms with Gasteiger partial charge >= 0.3 is 0 Å². The molecule has 1 aromatic heterocycles. The molecule has 0 atom stereocenters. The molecular weight excluding hydrogens is 238 g/mol. The molecule has 17 heavy (non-hydrogen) atoms. The second kappa shape index (κ2) is 8.28. The van der Waals surface area contributed by atoms with Gasteiger partial charge in [0.2, 0.25) is 0 Å². The van der Waals surface area contributed by atoms with Crippen LogP contribution in [-0.2, 0) is 11.3 Å². The Labute approximate surface area is 108 Å². The lowest BCUT2D eigenvalue weighted by molar-refractivity contribution is 0.210. The summed E-state index contributed by atoms with van der Waals surface area (Å²) in [4.78, 5) is 4.45. The number of methoxy groups -OCH3 is 1. The number of hydrogen-bond donors (Lipinski definition) is 2. The first-order valence-corrected chi connectivity index (χ1v) is 6.24. The van der Waals surface area contributed by atoms with Crippen LogP contribution in [0.25, 0.3) is 0 Å². The van der Waals surface area contributed by atoms with Crippen molar-refractivity contribution in [2.24, 2.45) is 0 Å². The highest BCUT2D eigenvalue weighted by molar-refractivity contribution is 6.31. The lowest BCUT2D eigenvalue weighted by Gasteiger charge is -2.09. The molecule has 0 fully saturated rings. The van der Waals surface area contributed by atoms with Crippen LogP contribution in [0.3, 0.4) is 0 Å². The van der Waals surface area contributed by atoms with Crippen molar-refractivity contribution in [3.63, 3.8) is 0 Å². The zero-order valence-corrected chi connectivity index (χ0v) is 11.2. The highest BCUT2D eigenvalue weighted by Crippen LogP contribution is 2.16. The van der Waals surface area contributed by atoms with Crippen molar-refractivity contribution in [1.82, 2.24) is 10.3 Å². The van der Waals surface area contributed by atoms with E-state index < -0.39 is 0 Å². The van der Waals surface area contributed by atoms with Crippen molar-refractivity contribution in [3.8, 4) is 0 Å². The molecule has 0 spiro atoms. The number of ether oxygens (including phenoxy) is 1. The minimum atomic E-state index is 0.660.